The second kappa shape index (κ2) is 7.93. The van der Waals surface area contributed by atoms with Crippen molar-refractivity contribution in [1.82, 2.24) is 10.3 Å². The van der Waals surface area contributed by atoms with Gasteiger partial charge in [0, 0.05) is 26.1 Å². The smallest absolute Gasteiger partial charge is 0.242 e. The second-order valence-corrected chi connectivity index (χ2v) is 5.36. The molecule has 1 unspecified atom stereocenters. The standard InChI is InChI=1S/C12H19N3O3S/c1-13-14-10(16)6-4-3-5-7-15-11(17)8-9(19-2)12(15)18/h9H,1,3-8H2,2H3,(H,14,16). The Labute approximate surface area is 117 Å². The van der Waals surface area contributed by atoms with E-state index in [1.807, 2.05) is 6.26 Å². The summed E-state index contributed by atoms with van der Waals surface area (Å²) in [5.41, 5.74) is 2.26. The van der Waals surface area contributed by atoms with E-state index in [1.54, 1.807) is 0 Å². The molecule has 0 aliphatic carbocycles. The van der Waals surface area contributed by atoms with Gasteiger partial charge in [0.25, 0.3) is 0 Å². The van der Waals surface area contributed by atoms with Gasteiger partial charge in [0.2, 0.25) is 17.7 Å². The number of nitrogens with one attached hydrogen (secondary N) is 1. The van der Waals surface area contributed by atoms with Gasteiger partial charge >= 0.3 is 0 Å². The molecule has 1 N–H and O–H groups in total. The Morgan fingerprint density at radius 3 is 2.79 bits per heavy atom. The van der Waals surface area contributed by atoms with Gasteiger partial charge in [-0.05, 0) is 19.1 Å². The number of hydrazone groups is 1. The van der Waals surface area contributed by atoms with E-state index in [0.29, 0.717) is 25.8 Å². The van der Waals surface area contributed by atoms with Crippen LogP contribution in [0.1, 0.15) is 32.1 Å². The number of amides is 3. The number of rotatable bonds is 8. The van der Waals surface area contributed by atoms with Gasteiger partial charge < -0.3 is 0 Å². The number of hydrogen-bond donors (Lipinski definition) is 1. The van der Waals surface area contributed by atoms with Crippen LogP contribution in [0, 0.1) is 0 Å². The number of carbonyl (C=O) groups excluding carboxylic acids is 3. The molecule has 0 aromatic rings. The van der Waals surface area contributed by atoms with Crippen LogP contribution >= 0.6 is 11.8 Å². The number of nitrogens with zero attached hydrogens (tertiary/aromatic N) is 2. The minimum atomic E-state index is -0.211. The van der Waals surface area contributed by atoms with Crippen LogP contribution in [0.5, 0.6) is 0 Å². The normalized spacial score (nSPS) is 18.8. The van der Waals surface area contributed by atoms with Gasteiger partial charge in [-0.25, -0.2) is 5.43 Å². The van der Waals surface area contributed by atoms with E-state index >= 15 is 0 Å². The van der Waals surface area contributed by atoms with Crippen LogP contribution in [0.4, 0.5) is 0 Å². The fourth-order valence-corrected chi connectivity index (χ4v) is 2.59. The highest BCUT2D eigenvalue weighted by Gasteiger charge is 2.37. The first-order valence-corrected chi connectivity index (χ1v) is 7.50. The molecule has 7 heteroatoms. The monoisotopic (exact) mass is 285 g/mol. The Bertz CT molecular complexity index is 373. The van der Waals surface area contributed by atoms with Gasteiger partial charge in [-0.2, -0.15) is 16.9 Å². The molecule has 0 saturated carbocycles. The maximum atomic E-state index is 11.8. The van der Waals surface area contributed by atoms with E-state index < -0.39 is 0 Å². The summed E-state index contributed by atoms with van der Waals surface area (Å²) in [5, 5.41) is 3.07. The fourth-order valence-electron chi connectivity index (χ4n) is 1.95. The van der Waals surface area contributed by atoms with Crippen LogP contribution in [0.25, 0.3) is 0 Å². The predicted octanol–water partition coefficient (Wildman–Crippen LogP) is 0.769. The summed E-state index contributed by atoms with van der Waals surface area (Å²) < 4.78 is 0. The molecule has 0 radical (unpaired) electrons. The molecule has 0 aromatic carbocycles. The Morgan fingerprint density at radius 1 is 1.47 bits per heavy atom. The Balaban J connectivity index is 2.19. The van der Waals surface area contributed by atoms with Crippen molar-refractivity contribution >= 4 is 36.2 Å². The molecule has 1 aliphatic heterocycles. The molecule has 0 spiro atoms. The van der Waals surface area contributed by atoms with Crippen molar-refractivity contribution in [2.45, 2.75) is 37.4 Å². The van der Waals surface area contributed by atoms with Gasteiger partial charge in [-0.1, -0.05) is 6.42 Å². The molecule has 0 bridgehead atoms. The number of unbranched alkanes of at least 4 members (excludes halogenated alkanes) is 2. The molecule has 1 rings (SSSR count). The summed E-state index contributed by atoms with van der Waals surface area (Å²) in [5.74, 6) is -0.324. The van der Waals surface area contributed by atoms with Crippen molar-refractivity contribution < 1.29 is 14.4 Å². The molecule has 0 aromatic heterocycles. The van der Waals surface area contributed by atoms with Crippen molar-refractivity contribution in [3.05, 3.63) is 0 Å². The van der Waals surface area contributed by atoms with E-state index in [-0.39, 0.29) is 23.0 Å². The first-order chi connectivity index (χ1) is 9.10. The summed E-state index contributed by atoms with van der Waals surface area (Å²) in [4.78, 5) is 35.8. The highest BCUT2D eigenvalue weighted by Crippen LogP contribution is 2.23. The molecule has 1 aliphatic rings. The maximum Gasteiger partial charge on any atom is 0.242 e. The topological polar surface area (TPSA) is 78.8 Å². The maximum absolute atomic E-state index is 11.8. The number of imide groups is 1. The second-order valence-electron chi connectivity index (χ2n) is 4.32. The lowest BCUT2D eigenvalue weighted by Gasteiger charge is -2.14. The van der Waals surface area contributed by atoms with Gasteiger partial charge in [0.05, 0.1) is 5.25 Å². The first kappa shape index (κ1) is 15.7. The highest BCUT2D eigenvalue weighted by atomic mass is 32.2. The number of hydrogen-bond acceptors (Lipinski definition) is 5. The van der Waals surface area contributed by atoms with E-state index in [0.717, 1.165) is 12.8 Å². The molecule has 3 amide bonds. The van der Waals surface area contributed by atoms with E-state index in [1.165, 1.54) is 16.7 Å². The zero-order valence-electron chi connectivity index (χ0n) is 11.1. The zero-order chi connectivity index (χ0) is 14.3. The Morgan fingerprint density at radius 2 is 2.21 bits per heavy atom. The van der Waals surface area contributed by atoms with Gasteiger partial charge in [0.1, 0.15) is 0 Å². The number of likely N-dealkylation sites (tertiary alicyclic amines) is 1. The van der Waals surface area contributed by atoms with E-state index in [2.05, 4.69) is 17.2 Å². The fraction of sp³-hybridized carbons (Fsp3) is 0.667. The molecule has 1 fully saturated rings. The molecule has 1 heterocycles. The highest BCUT2D eigenvalue weighted by molar-refractivity contribution is 8.00. The van der Waals surface area contributed by atoms with Crippen molar-refractivity contribution in [2.24, 2.45) is 5.10 Å². The van der Waals surface area contributed by atoms with Crippen molar-refractivity contribution in [1.29, 1.82) is 0 Å². The molecular weight excluding hydrogens is 266 g/mol. The minimum Gasteiger partial charge on any atom is -0.282 e. The van der Waals surface area contributed by atoms with Crippen molar-refractivity contribution in [3.63, 3.8) is 0 Å². The van der Waals surface area contributed by atoms with Crippen molar-refractivity contribution in [3.8, 4) is 0 Å². The quantitative estimate of drug-likeness (QED) is 0.309. The third-order valence-corrected chi connectivity index (χ3v) is 3.91. The molecule has 106 valence electrons. The molecule has 1 saturated heterocycles. The van der Waals surface area contributed by atoms with Crippen molar-refractivity contribution in [2.75, 3.05) is 12.8 Å². The summed E-state index contributed by atoms with van der Waals surface area (Å²) in [7, 11) is 0. The van der Waals surface area contributed by atoms with Gasteiger partial charge in [-0.15, -0.1) is 0 Å². The number of thioether (sulfide) groups is 1. The van der Waals surface area contributed by atoms with Gasteiger partial charge in [-0.3, -0.25) is 19.3 Å². The lowest BCUT2D eigenvalue weighted by atomic mass is 10.2. The van der Waals surface area contributed by atoms with Crippen LogP contribution in [0.3, 0.4) is 0 Å². The average molecular weight is 285 g/mol. The zero-order valence-corrected chi connectivity index (χ0v) is 11.9. The summed E-state index contributed by atoms with van der Waals surface area (Å²) in [6.45, 7) is 3.62. The Hall–Kier alpha value is -1.37. The summed E-state index contributed by atoms with van der Waals surface area (Å²) in [6, 6.07) is 0. The lowest BCUT2D eigenvalue weighted by Crippen LogP contribution is -2.32. The van der Waals surface area contributed by atoms with E-state index in [9.17, 15) is 14.4 Å². The van der Waals surface area contributed by atoms with Crippen LogP contribution < -0.4 is 5.43 Å². The van der Waals surface area contributed by atoms with Crippen LogP contribution in [-0.2, 0) is 14.4 Å². The number of carbonyl (C=O) groups is 3. The minimum absolute atomic E-state index is 0.0777. The summed E-state index contributed by atoms with van der Waals surface area (Å²) in [6.07, 6.45) is 4.77. The van der Waals surface area contributed by atoms with Crippen LogP contribution in [-0.4, -0.2) is 47.4 Å². The third kappa shape index (κ3) is 4.66. The van der Waals surface area contributed by atoms with E-state index in [4.69, 9.17) is 0 Å². The van der Waals surface area contributed by atoms with Crippen LogP contribution in [0.15, 0.2) is 5.10 Å². The summed E-state index contributed by atoms with van der Waals surface area (Å²) >= 11 is 1.42. The third-order valence-electron chi connectivity index (χ3n) is 2.98. The molecule has 19 heavy (non-hydrogen) atoms. The lowest BCUT2D eigenvalue weighted by molar-refractivity contribution is -0.138. The molecule has 6 nitrogen and oxygen atoms in total. The van der Waals surface area contributed by atoms with Gasteiger partial charge in [0.15, 0.2) is 0 Å². The Kier molecular flexibility index (Phi) is 6.55. The molecular formula is C12H19N3O3S. The van der Waals surface area contributed by atoms with Crippen LogP contribution in [0.2, 0.25) is 0 Å². The average Bonchev–Trinajstić information content (AvgIpc) is 2.65. The first-order valence-electron chi connectivity index (χ1n) is 6.21. The molecule has 1 atom stereocenters. The predicted molar refractivity (Wildman–Crippen MR) is 74.8 cm³/mol. The SMILES string of the molecule is C=NNC(=O)CCCCCN1C(=O)CC(SC)C1=O. The largest absolute Gasteiger partial charge is 0.282 e.